The van der Waals surface area contributed by atoms with Gasteiger partial charge in [-0.15, -0.1) is 0 Å². The van der Waals surface area contributed by atoms with Gasteiger partial charge in [0.2, 0.25) is 0 Å². The van der Waals surface area contributed by atoms with E-state index in [1.165, 1.54) is 0 Å². The van der Waals surface area contributed by atoms with Crippen molar-refractivity contribution in [2.45, 2.75) is 6.54 Å². The van der Waals surface area contributed by atoms with Gasteiger partial charge in [-0.1, -0.05) is 89.9 Å². The molecule has 5 rings (SSSR count). The van der Waals surface area contributed by atoms with Crippen LogP contribution in [-0.4, -0.2) is 11.6 Å². The number of rotatable bonds is 4. The second kappa shape index (κ2) is 8.62. The first-order chi connectivity index (χ1) is 15.6. The molecule has 4 aromatic rings. The van der Waals surface area contributed by atoms with Crippen LogP contribution in [0.2, 0.25) is 10.0 Å². The Labute approximate surface area is 196 Å². The van der Waals surface area contributed by atoms with E-state index < -0.39 is 0 Å². The van der Waals surface area contributed by atoms with Gasteiger partial charge in [-0.05, 0) is 41.5 Å². The molecule has 1 amide bonds. The Morgan fingerprint density at radius 3 is 2.03 bits per heavy atom. The largest absolute Gasteiger partial charge is 0.302 e. The first-order valence-corrected chi connectivity index (χ1v) is 11.0. The third-order valence-electron chi connectivity index (χ3n) is 5.49. The zero-order valence-electron chi connectivity index (χ0n) is 17.0. The zero-order valence-corrected chi connectivity index (χ0v) is 18.5. The number of carbonyl (C=O) groups excluding carboxylic acids is 1. The fraction of sp³-hybridized carbons (Fsp3) is 0.0370. The molecular weight excluding hydrogens is 439 g/mol. The van der Waals surface area contributed by atoms with Gasteiger partial charge in [-0.2, -0.15) is 0 Å². The molecule has 1 aliphatic rings. The first-order valence-electron chi connectivity index (χ1n) is 10.2. The minimum atomic E-state index is -0.172. The number of nitrogens with zero attached hydrogens (tertiary/aromatic N) is 2. The number of hydrogen-bond acceptors (Lipinski definition) is 2. The average Bonchev–Trinajstić information content (AvgIpc) is 3.08. The Morgan fingerprint density at radius 1 is 0.688 bits per heavy atom. The maximum absolute atomic E-state index is 13.4. The van der Waals surface area contributed by atoms with E-state index in [-0.39, 0.29) is 12.5 Å². The quantitative estimate of drug-likeness (QED) is 0.316. The van der Waals surface area contributed by atoms with E-state index in [4.69, 9.17) is 28.2 Å². The number of amides is 1. The van der Waals surface area contributed by atoms with Gasteiger partial charge in [0.25, 0.3) is 5.91 Å². The molecule has 0 radical (unpaired) electrons. The Bertz CT molecular complexity index is 1310. The molecule has 0 spiro atoms. The lowest BCUT2D eigenvalue weighted by Crippen LogP contribution is -2.29. The third kappa shape index (κ3) is 3.81. The fourth-order valence-electron chi connectivity index (χ4n) is 3.86. The van der Waals surface area contributed by atoms with E-state index in [1.54, 1.807) is 23.1 Å². The van der Waals surface area contributed by atoms with Crippen LogP contribution in [0.25, 0.3) is 11.1 Å². The molecule has 0 fully saturated rings. The molecule has 1 aliphatic heterocycles. The molecule has 0 saturated carbocycles. The van der Waals surface area contributed by atoms with Gasteiger partial charge < -0.3 is 4.90 Å². The van der Waals surface area contributed by atoms with Crippen molar-refractivity contribution in [2.24, 2.45) is 4.99 Å². The van der Waals surface area contributed by atoms with Crippen LogP contribution in [0.5, 0.6) is 0 Å². The van der Waals surface area contributed by atoms with Crippen molar-refractivity contribution in [2.75, 3.05) is 4.90 Å². The van der Waals surface area contributed by atoms with E-state index in [1.807, 2.05) is 66.7 Å². The number of fused-ring (bicyclic) bond motifs is 1. The zero-order chi connectivity index (χ0) is 22.1. The lowest BCUT2D eigenvalue weighted by Gasteiger charge is -2.18. The summed E-state index contributed by atoms with van der Waals surface area (Å²) in [5, 5.41) is 1.06. The number of benzene rings is 4. The topological polar surface area (TPSA) is 32.7 Å². The molecule has 0 aliphatic carbocycles. The molecule has 32 heavy (non-hydrogen) atoms. The van der Waals surface area contributed by atoms with Gasteiger partial charge in [0, 0.05) is 21.2 Å². The van der Waals surface area contributed by atoms with Gasteiger partial charge >= 0.3 is 0 Å². The number of anilines is 1. The number of carbonyl (C=O) groups is 1. The summed E-state index contributed by atoms with van der Waals surface area (Å²) in [4.78, 5) is 19.8. The van der Waals surface area contributed by atoms with Crippen LogP contribution in [0.1, 0.15) is 11.1 Å². The molecule has 0 N–H and O–H groups in total. The predicted octanol–water partition coefficient (Wildman–Crippen LogP) is 7.33. The molecule has 4 aromatic carbocycles. The lowest BCUT2D eigenvalue weighted by atomic mass is 10.1. The third-order valence-corrected chi connectivity index (χ3v) is 6.20. The highest BCUT2D eigenvalue weighted by Crippen LogP contribution is 2.35. The molecule has 3 nitrogen and oxygen atoms in total. The summed E-state index contributed by atoms with van der Waals surface area (Å²) >= 11 is 12.7. The van der Waals surface area contributed by atoms with Crippen molar-refractivity contribution in [1.82, 2.24) is 0 Å². The van der Waals surface area contributed by atoms with Crippen molar-refractivity contribution in [3.05, 3.63) is 118 Å². The van der Waals surface area contributed by atoms with Gasteiger partial charge in [0.05, 0.1) is 17.9 Å². The van der Waals surface area contributed by atoms with E-state index in [0.29, 0.717) is 21.3 Å². The molecule has 0 unspecified atom stereocenters. The van der Waals surface area contributed by atoms with Crippen LogP contribution in [-0.2, 0) is 11.3 Å². The van der Waals surface area contributed by atoms with Crippen LogP contribution in [0.15, 0.2) is 102 Å². The van der Waals surface area contributed by atoms with E-state index >= 15 is 0 Å². The standard InChI is InChI=1S/C27H18Cl2N2O/c28-23-10-6-11-24(29)22(23)17-31-25-12-5-4-9-21(25)26(27(31)32)30-20-15-13-19(14-16-20)18-7-2-1-3-8-18/h1-16H,17H2. The predicted molar refractivity (Wildman–Crippen MR) is 132 cm³/mol. The van der Waals surface area contributed by atoms with Crippen molar-refractivity contribution in [1.29, 1.82) is 0 Å². The van der Waals surface area contributed by atoms with Crippen LogP contribution in [0, 0.1) is 0 Å². The molecule has 156 valence electrons. The summed E-state index contributed by atoms with van der Waals surface area (Å²) in [5.41, 5.74) is 5.68. The summed E-state index contributed by atoms with van der Waals surface area (Å²) in [6, 6.07) is 31.0. The van der Waals surface area contributed by atoms with E-state index in [2.05, 4.69) is 12.1 Å². The number of para-hydroxylation sites is 1. The maximum Gasteiger partial charge on any atom is 0.277 e. The summed E-state index contributed by atoms with van der Waals surface area (Å²) in [7, 11) is 0. The first kappa shape index (κ1) is 20.5. The van der Waals surface area contributed by atoms with Crippen LogP contribution >= 0.6 is 23.2 Å². The highest BCUT2D eigenvalue weighted by molar-refractivity contribution is 6.54. The van der Waals surface area contributed by atoms with E-state index in [0.717, 1.165) is 28.1 Å². The Morgan fingerprint density at radius 2 is 1.31 bits per heavy atom. The van der Waals surface area contributed by atoms with Crippen LogP contribution < -0.4 is 4.90 Å². The highest BCUT2D eigenvalue weighted by Gasteiger charge is 2.34. The Kier molecular flexibility index (Phi) is 5.52. The normalized spacial score (nSPS) is 14.1. The summed E-state index contributed by atoms with van der Waals surface area (Å²) in [5.74, 6) is -0.172. The van der Waals surface area contributed by atoms with Gasteiger partial charge in [-0.25, -0.2) is 4.99 Å². The SMILES string of the molecule is O=C1C(=Nc2ccc(-c3ccccc3)cc2)c2ccccc2N1Cc1c(Cl)cccc1Cl. The minimum absolute atomic E-state index is 0.172. The Balaban J connectivity index is 1.50. The maximum atomic E-state index is 13.4. The minimum Gasteiger partial charge on any atom is -0.302 e. The molecule has 0 aromatic heterocycles. The summed E-state index contributed by atoms with van der Waals surface area (Å²) < 4.78 is 0. The molecule has 0 bridgehead atoms. The molecular formula is C27H18Cl2N2O. The Hall–Kier alpha value is -3.40. The highest BCUT2D eigenvalue weighted by atomic mass is 35.5. The number of halogens is 2. The summed E-state index contributed by atoms with van der Waals surface area (Å²) in [6.07, 6.45) is 0. The van der Waals surface area contributed by atoms with Crippen molar-refractivity contribution in [3.8, 4) is 11.1 Å². The van der Waals surface area contributed by atoms with Crippen LogP contribution in [0.4, 0.5) is 11.4 Å². The monoisotopic (exact) mass is 456 g/mol. The number of hydrogen-bond donors (Lipinski definition) is 0. The van der Waals surface area contributed by atoms with Crippen molar-refractivity contribution in [3.63, 3.8) is 0 Å². The average molecular weight is 457 g/mol. The van der Waals surface area contributed by atoms with Gasteiger partial charge in [0.1, 0.15) is 5.71 Å². The molecule has 5 heteroatoms. The van der Waals surface area contributed by atoms with Gasteiger partial charge in [0.15, 0.2) is 0 Å². The van der Waals surface area contributed by atoms with E-state index in [9.17, 15) is 4.79 Å². The van der Waals surface area contributed by atoms with Crippen molar-refractivity contribution >= 4 is 46.2 Å². The number of aliphatic imine (C=N–C) groups is 1. The molecule has 0 atom stereocenters. The second-order valence-corrected chi connectivity index (χ2v) is 8.30. The summed E-state index contributed by atoms with van der Waals surface area (Å²) in [6.45, 7) is 0.278. The van der Waals surface area contributed by atoms with Crippen LogP contribution in [0.3, 0.4) is 0 Å². The smallest absolute Gasteiger partial charge is 0.277 e. The fourth-order valence-corrected chi connectivity index (χ4v) is 4.37. The molecule has 0 saturated heterocycles. The van der Waals surface area contributed by atoms with Crippen molar-refractivity contribution < 1.29 is 4.79 Å². The molecule has 1 heterocycles. The van der Waals surface area contributed by atoms with Gasteiger partial charge in [-0.3, -0.25) is 4.79 Å². The second-order valence-electron chi connectivity index (χ2n) is 7.48. The lowest BCUT2D eigenvalue weighted by molar-refractivity contribution is -0.112.